The maximum Gasteiger partial charge on any atom is 0.160 e. The van der Waals surface area contributed by atoms with Gasteiger partial charge in [-0.15, -0.1) is 34.0 Å². The highest BCUT2D eigenvalue weighted by Gasteiger charge is 2.23. The van der Waals surface area contributed by atoms with Gasteiger partial charge in [0.25, 0.3) is 0 Å². The van der Waals surface area contributed by atoms with Crippen LogP contribution in [0.4, 0.5) is 0 Å². The van der Waals surface area contributed by atoms with Crippen molar-refractivity contribution in [1.29, 1.82) is 0 Å². The van der Waals surface area contributed by atoms with Crippen LogP contribution in [0.3, 0.4) is 0 Å². The minimum absolute atomic E-state index is 0.669. The van der Waals surface area contributed by atoms with E-state index in [1.165, 1.54) is 126 Å². The van der Waals surface area contributed by atoms with Crippen molar-refractivity contribution in [3.8, 4) is 50.8 Å². The van der Waals surface area contributed by atoms with Crippen LogP contribution < -0.4 is 0 Å². The van der Waals surface area contributed by atoms with Crippen molar-refractivity contribution in [1.82, 2.24) is 23.7 Å². The normalized spacial score (nSPS) is 12.3. The van der Waals surface area contributed by atoms with E-state index in [2.05, 4.69) is 287 Å². The molecule has 5 nitrogen and oxygen atoms in total. The van der Waals surface area contributed by atoms with Crippen molar-refractivity contribution < 1.29 is 0 Å². The molecule has 0 aliphatic heterocycles. The Morgan fingerprint density at radius 1 is 0.239 bits per heavy atom. The predicted octanol–water partition coefficient (Wildman–Crippen LogP) is 23.0. The molecule has 8 heteroatoms. The third kappa shape index (κ3) is 6.90. The Kier molecular flexibility index (Phi) is 10.1. The fourth-order valence-electron chi connectivity index (χ4n) is 14.6. The van der Waals surface area contributed by atoms with Gasteiger partial charge in [0.05, 0.1) is 44.3 Å². The van der Waals surface area contributed by atoms with Gasteiger partial charge in [-0.05, 0) is 114 Å². The molecule has 7 heterocycles. The van der Waals surface area contributed by atoms with Gasteiger partial charge in [0.15, 0.2) is 5.82 Å². The van der Waals surface area contributed by atoms with Gasteiger partial charge in [-0.3, -0.25) is 0 Å². The van der Waals surface area contributed by atoms with Crippen LogP contribution in [0.5, 0.6) is 0 Å². The molecule has 0 aliphatic rings. The molecule has 7 aromatic heterocycles. The maximum atomic E-state index is 5.71. The number of benzene rings is 13. The van der Waals surface area contributed by atoms with Crippen LogP contribution in [0, 0.1) is 0 Å². The molecule has 0 saturated heterocycles. The molecule has 0 N–H and O–H groups in total. The van der Waals surface area contributed by atoms with E-state index in [1.54, 1.807) is 0 Å². The monoisotopic (exact) mass is 1170 g/mol. The van der Waals surface area contributed by atoms with Crippen LogP contribution in [0.15, 0.2) is 273 Å². The molecule has 13 aromatic carbocycles. The van der Waals surface area contributed by atoms with Gasteiger partial charge >= 0.3 is 0 Å². The van der Waals surface area contributed by atoms with Gasteiger partial charge in [-0.2, -0.15) is 0 Å². The van der Waals surface area contributed by atoms with E-state index in [1.807, 2.05) is 34.0 Å². The van der Waals surface area contributed by atoms with Gasteiger partial charge in [-0.25, -0.2) is 9.97 Å². The topological polar surface area (TPSA) is 40.6 Å². The summed E-state index contributed by atoms with van der Waals surface area (Å²) in [5.74, 6) is 0.669. The molecule has 0 atom stereocenters. The van der Waals surface area contributed by atoms with Crippen LogP contribution in [-0.2, 0) is 0 Å². The zero-order valence-corrected chi connectivity index (χ0v) is 49.4. The summed E-state index contributed by atoms with van der Waals surface area (Å²) in [6.07, 6.45) is 0. The number of hydrogen-bond acceptors (Lipinski definition) is 5. The Bertz CT molecular complexity index is 6380. The summed E-state index contributed by atoms with van der Waals surface area (Å²) in [4.78, 5) is 11.2. The number of aromatic nitrogens is 5. The first-order chi connectivity index (χ1) is 43.6. The van der Waals surface area contributed by atoms with E-state index in [-0.39, 0.29) is 0 Å². The zero-order valence-electron chi connectivity index (χ0n) is 46.9. The van der Waals surface area contributed by atoms with E-state index in [0.29, 0.717) is 5.82 Å². The molecule has 408 valence electrons. The molecule has 88 heavy (non-hydrogen) atoms. The van der Waals surface area contributed by atoms with Gasteiger partial charge in [0, 0.05) is 126 Å². The second-order valence-corrected chi connectivity index (χ2v) is 26.3. The van der Waals surface area contributed by atoms with Crippen LogP contribution in [0.1, 0.15) is 0 Å². The average Bonchev–Trinajstić information content (AvgIpc) is 1.71. The van der Waals surface area contributed by atoms with Crippen LogP contribution >= 0.6 is 34.0 Å². The second kappa shape index (κ2) is 18.4. The Morgan fingerprint density at radius 3 is 1.14 bits per heavy atom. The zero-order chi connectivity index (χ0) is 57.3. The molecular formula is C80H45N5S3. The highest BCUT2D eigenvalue weighted by Crippen LogP contribution is 2.48. The Labute approximate surface area is 514 Å². The molecule has 0 radical (unpaired) electrons. The highest BCUT2D eigenvalue weighted by molar-refractivity contribution is 7.27. The lowest BCUT2D eigenvalue weighted by molar-refractivity contribution is 1.17. The lowest BCUT2D eigenvalue weighted by Gasteiger charge is -2.15. The van der Waals surface area contributed by atoms with Gasteiger partial charge < -0.3 is 13.7 Å². The molecule has 0 bridgehead atoms. The third-order valence-corrected chi connectivity index (χ3v) is 22.0. The summed E-state index contributed by atoms with van der Waals surface area (Å²) in [6, 6.07) is 100. The number of hydrogen-bond donors (Lipinski definition) is 0. The van der Waals surface area contributed by atoms with Crippen LogP contribution in [0.25, 0.3) is 188 Å². The summed E-state index contributed by atoms with van der Waals surface area (Å²) in [5, 5.41) is 16.4. The Morgan fingerprint density at radius 2 is 0.648 bits per heavy atom. The smallest absolute Gasteiger partial charge is 0.160 e. The van der Waals surface area contributed by atoms with Crippen molar-refractivity contribution in [2.75, 3.05) is 0 Å². The quantitative estimate of drug-likeness (QED) is 0.166. The number of nitrogens with zero attached hydrogens (tertiary/aromatic N) is 5. The standard InChI is InChI=1S/C80H45N5S3/c1-7-25-64-59(22-1)73-67(40-36-56-53-19-4-10-28-70(53)86-77(56)73)83(64)50-34-31-46(32-35-50)47-33-39-63-62(45-47)76(48-15-13-17-51(43-48)84-65-26-8-2-23-60(65)74-68(84)41-37-57-54-20-5-11-29-71(54)87-78(57)74)82-80(81-63)49-16-14-18-52(44-49)85-66-27-9-3-24-61(66)75-69(85)42-38-58-55-21-6-12-30-72(55)88-79(58)75/h1-45H. The van der Waals surface area contributed by atoms with Crippen LogP contribution in [-0.4, -0.2) is 23.7 Å². The molecule has 0 fully saturated rings. The van der Waals surface area contributed by atoms with Crippen molar-refractivity contribution in [2.45, 2.75) is 0 Å². The summed E-state index contributed by atoms with van der Waals surface area (Å²) < 4.78 is 15.2. The Balaban J connectivity index is 0.762. The molecular weight excluding hydrogens is 1130 g/mol. The summed E-state index contributed by atoms with van der Waals surface area (Å²) >= 11 is 5.66. The predicted molar refractivity (Wildman–Crippen MR) is 378 cm³/mol. The van der Waals surface area contributed by atoms with E-state index < -0.39 is 0 Å². The van der Waals surface area contributed by atoms with Gasteiger partial charge in [0.2, 0.25) is 0 Å². The first kappa shape index (κ1) is 48.5. The molecule has 20 aromatic rings. The first-order valence-electron chi connectivity index (χ1n) is 29.8. The molecule has 0 unspecified atom stereocenters. The van der Waals surface area contributed by atoms with Crippen molar-refractivity contribution >= 4 is 171 Å². The summed E-state index contributed by atoms with van der Waals surface area (Å²) in [7, 11) is 0. The van der Waals surface area contributed by atoms with Crippen LogP contribution in [0.2, 0.25) is 0 Å². The number of fused-ring (bicyclic) bond motifs is 22. The number of rotatable bonds is 6. The number of para-hydroxylation sites is 3. The highest BCUT2D eigenvalue weighted by atomic mass is 32.1. The third-order valence-electron chi connectivity index (χ3n) is 18.4. The largest absolute Gasteiger partial charge is 0.309 e. The lowest BCUT2D eigenvalue weighted by atomic mass is 9.99. The fraction of sp³-hybridized carbons (Fsp3) is 0. The van der Waals surface area contributed by atoms with E-state index in [0.717, 1.165) is 55.9 Å². The summed E-state index contributed by atoms with van der Waals surface area (Å²) in [5.41, 5.74) is 16.3. The SMILES string of the molecule is c1cc(-c2nc(-c3cccc(-n4c5ccccc5c5c6sc7ccccc7c6ccc54)c3)c3cc(-c4ccc(-n5c6ccccc6c6c7sc8ccccc8c7ccc65)cc4)ccc3n2)cc(-n2c3ccccc3c3c4sc5ccccc5c4ccc32)c1. The minimum atomic E-state index is 0.669. The van der Waals surface area contributed by atoms with Crippen molar-refractivity contribution in [3.63, 3.8) is 0 Å². The summed E-state index contributed by atoms with van der Waals surface area (Å²) in [6.45, 7) is 0. The Hall–Kier alpha value is -10.7. The molecule has 20 rings (SSSR count). The second-order valence-electron chi connectivity index (χ2n) is 23.1. The van der Waals surface area contributed by atoms with Gasteiger partial charge in [0.1, 0.15) is 0 Å². The average molecular weight is 1170 g/mol. The van der Waals surface area contributed by atoms with Crippen molar-refractivity contribution in [3.05, 3.63) is 273 Å². The van der Waals surface area contributed by atoms with Crippen molar-refractivity contribution in [2.24, 2.45) is 0 Å². The minimum Gasteiger partial charge on any atom is -0.309 e. The number of thiophene rings is 3. The maximum absolute atomic E-state index is 5.71. The molecule has 0 spiro atoms. The lowest BCUT2D eigenvalue weighted by Crippen LogP contribution is -1.99. The fourth-order valence-corrected chi connectivity index (χ4v) is 18.4. The molecule has 0 aliphatic carbocycles. The first-order valence-corrected chi connectivity index (χ1v) is 32.2. The van der Waals surface area contributed by atoms with Gasteiger partial charge in [-0.1, -0.05) is 170 Å². The van der Waals surface area contributed by atoms with E-state index >= 15 is 0 Å². The molecule has 0 amide bonds. The van der Waals surface area contributed by atoms with E-state index in [4.69, 9.17) is 9.97 Å². The van der Waals surface area contributed by atoms with E-state index in [9.17, 15) is 0 Å². The molecule has 0 saturated carbocycles.